The second-order valence-electron chi connectivity index (χ2n) is 9.14. The highest BCUT2D eigenvalue weighted by molar-refractivity contribution is 6.36. The van der Waals surface area contributed by atoms with Gasteiger partial charge in [-0.25, -0.2) is 9.18 Å². The van der Waals surface area contributed by atoms with Crippen molar-refractivity contribution < 1.29 is 27.5 Å². The molecule has 3 aromatic rings. The molecule has 1 aromatic heterocycles. The number of nitrogens with zero attached hydrogens (tertiary/aromatic N) is 2. The van der Waals surface area contributed by atoms with E-state index in [1.54, 1.807) is 30.7 Å². The molecule has 0 spiro atoms. The van der Waals surface area contributed by atoms with Gasteiger partial charge in [-0.2, -0.15) is 13.2 Å². The third kappa shape index (κ3) is 5.01. The van der Waals surface area contributed by atoms with Crippen LogP contribution in [0.4, 0.5) is 17.6 Å². The number of alkyl halides is 4. The van der Waals surface area contributed by atoms with Crippen molar-refractivity contribution in [1.29, 1.82) is 0 Å². The average Bonchev–Trinajstić information content (AvgIpc) is 3.10. The fourth-order valence-corrected chi connectivity index (χ4v) is 5.19. The Hall–Kier alpha value is -2.29. The zero-order valence-corrected chi connectivity index (χ0v) is 20.7. The minimum Gasteiger partial charge on any atom is -0.479 e. The highest BCUT2D eigenvalue weighted by atomic mass is 35.5. The summed E-state index contributed by atoms with van der Waals surface area (Å²) in [6.07, 6.45) is -4.33. The largest absolute Gasteiger partial charge is 0.479 e. The zero-order chi connectivity index (χ0) is 25.7. The number of aryl methyl sites for hydroxylation is 2. The summed E-state index contributed by atoms with van der Waals surface area (Å²) < 4.78 is 56.0. The summed E-state index contributed by atoms with van der Waals surface area (Å²) in [5, 5.41) is 10.7. The van der Waals surface area contributed by atoms with Crippen molar-refractivity contribution in [3.05, 3.63) is 68.3 Å². The fraction of sp³-hybridized carbons (Fsp3) is 0.400. The maximum absolute atomic E-state index is 14.4. The van der Waals surface area contributed by atoms with E-state index in [0.717, 1.165) is 28.8 Å². The predicted octanol–water partition coefficient (Wildman–Crippen LogP) is 6.79. The van der Waals surface area contributed by atoms with Crippen molar-refractivity contribution in [2.45, 2.75) is 44.6 Å². The van der Waals surface area contributed by atoms with Crippen LogP contribution in [0.1, 0.15) is 40.8 Å². The van der Waals surface area contributed by atoms with Crippen LogP contribution in [0.5, 0.6) is 0 Å². The predicted molar refractivity (Wildman–Crippen MR) is 128 cm³/mol. The van der Waals surface area contributed by atoms with Crippen molar-refractivity contribution >= 4 is 40.1 Å². The van der Waals surface area contributed by atoms with E-state index in [0.29, 0.717) is 39.7 Å². The molecule has 1 fully saturated rings. The minimum absolute atomic E-state index is 0.102. The number of hydrogen-bond donors (Lipinski definition) is 1. The number of rotatable bonds is 5. The van der Waals surface area contributed by atoms with Gasteiger partial charge in [0.05, 0.1) is 10.6 Å². The molecule has 0 radical (unpaired) electrons. The quantitative estimate of drug-likeness (QED) is 0.369. The Kier molecular flexibility index (Phi) is 6.85. The van der Waals surface area contributed by atoms with Crippen molar-refractivity contribution in [3.63, 3.8) is 0 Å². The molecule has 35 heavy (non-hydrogen) atoms. The summed E-state index contributed by atoms with van der Waals surface area (Å²) in [7, 11) is 1.71. The molecular formula is C25H24Cl2F4N2O2. The van der Waals surface area contributed by atoms with Crippen molar-refractivity contribution in [2.24, 2.45) is 7.05 Å². The summed E-state index contributed by atoms with van der Waals surface area (Å²) >= 11 is 13.2. The summed E-state index contributed by atoms with van der Waals surface area (Å²) in [5.41, 5.74) is 0.259. The van der Waals surface area contributed by atoms with E-state index in [1.807, 2.05) is 11.0 Å². The first-order valence-corrected chi connectivity index (χ1v) is 11.8. The Labute approximate surface area is 210 Å². The van der Waals surface area contributed by atoms with Crippen LogP contribution >= 0.6 is 23.2 Å². The molecule has 10 heteroatoms. The number of fused-ring (bicyclic) bond motifs is 1. The first-order chi connectivity index (χ1) is 16.3. The van der Waals surface area contributed by atoms with Gasteiger partial charge in [-0.3, -0.25) is 4.90 Å². The van der Waals surface area contributed by atoms with Crippen molar-refractivity contribution in [2.75, 3.05) is 13.1 Å². The van der Waals surface area contributed by atoms with Gasteiger partial charge in [-0.1, -0.05) is 29.3 Å². The van der Waals surface area contributed by atoms with E-state index in [2.05, 4.69) is 0 Å². The van der Waals surface area contributed by atoms with Crippen LogP contribution in [0, 0.1) is 6.92 Å². The SMILES string of the molecule is Cc1cc(C(F)(F)F)cc2c1cc(Cc1c(Cl)ccc(CN3CCC(F)(C(=O)O)CC3)c1Cl)n2C. The third-order valence-electron chi connectivity index (χ3n) is 6.85. The average molecular weight is 531 g/mol. The van der Waals surface area contributed by atoms with Gasteiger partial charge >= 0.3 is 12.1 Å². The fourth-order valence-electron chi connectivity index (χ4n) is 4.63. The molecule has 0 unspecified atom stereocenters. The number of halogens is 6. The summed E-state index contributed by atoms with van der Waals surface area (Å²) in [4.78, 5) is 13.1. The molecule has 1 N–H and O–H groups in total. The summed E-state index contributed by atoms with van der Waals surface area (Å²) in [5.74, 6) is -1.43. The number of benzene rings is 2. The smallest absolute Gasteiger partial charge is 0.416 e. The van der Waals surface area contributed by atoms with Crippen LogP contribution < -0.4 is 0 Å². The molecule has 0 aliphatic carbocycles. The zero-order valence-electron chi connectivity index (χ0n) is 19.1. The van der Waals surface area contributed by atoms with E-state index in [-0.39, 0.29) is 25.9 Å². The lowest BCUT2D eigenvalue weighted by molar-refractivity contribution is -0.154. The van der Waals surface area contributed by atoms with E-state index >= 15 is 0 Å². The highest BCUT2D eigenvalue weighted by Gasteiger charge is 2.41. The Morgan fingerprint density at radius 1 is 1.14 bits per heavy atom. The van der Waals surface area contributed by atoms with Gasteiger partial charge in [-0.15, -0.1) is 0 Å². The topological polar surface area (TPSA) is 45.5 Å². The number of aromatic nitrogens is 1. The molecule has 0 saturated carbocycles. The Morgan fingerprint density at radius 2 is 1.80 bits per heavy atom. The first-order valence-electron chi connectivity index (χ1n) is 11.1. The number of hydrogen-bond acceptors (Lipinski definition) is 2. The lowest BCUT2D eigenvalue weighted by atomic mass is 9.93. The van der Waals surface area contributed by atoms with E-state index < -0.39 is 23.4 Å². The molecule has 1 saturated heterocycles. The molecule has 0 bridgehead atoms. The molecule has 1 aliphatic rings. The molecule has 1 aliphatic heterocycles. The van der Waals surface area contributed by atoms with Gasteiger partial charge in [-0.05, 0) is 47.9 Å². The Balaban J connectivity index is 1.61. The van der Waals surface area contributed by atoms with Gasteiger partial charge < -0.3 is 9.67 Å². The summed E-state index contributed by atoms with van der Waals surface area (Å²) in [6.45, 7) is 2.61. The maximum atomic E-state index is 14.4. The molecule has 2 aromatic carbocycles. The second-order valence-corrected chi connectivity index (χ2v) is 9.93. The monoisotopic (exact) mass is 530 g/mol. The molecule has 2 heterocycles. The van der Waals surface area contributed by atoms with Gasteiger partial charge in [0, 0.05) is 67.6 Å². The van der Waals surface area contributed by atoms with E-state index in [9.17, 15) is 22.4 Å². The van der Waals surface area contributed by atoms with Crippen molar-refractivity contribution in [1.82, 2.24) is 9.47 Å². The van der Waals surface area contributed by atoms with Crippen LogP contribution in [0.15, 0.2) is 30.3 Å². The molecule has 188 valence electrons. The third-order valence-corrected chi connectivity index (χ3v) is 7.67. The summed E-state index contributed by atoms with van der Waals surface area (Å²) in [6, 6.07) is 7.63. The van der Waals surface area contributed by atoms with Gasteiger partial charge in [0.1, 0.15) is 0 Å². The van der Waals surface area contributed by atoms with Crippen molar-refractivity contribution in [3.8, 4) is 0 Å². The normalized spacial score (nSPS) is 16.7. The minimum atomic E-state index is -4.44. The molecule has 0 amide bonds. The maximum Gasteiger partial charge on any atom is 0.416 e. The van der Waals surface area contributed by atoms with Crippen LogP contribution in [0.2, 0.25) is 10.0 Å². The number of piperidine rings is 1. The Morgan fingerprint density at radius 3 is 2.40 bits per heavy atom. The lowest BCUT2D eigenvalue weighted by Gasteiger charge is -2.34. The van der Waals surface area contributed by atoms with Gasteiger partial charge in [0.15, 0.2) is 0 Å². The molecular weight excluding hydrogens is 507 g/mol. The number of aliphatic carboxylic acids is 1. The second kappa shape index (κ2) is 9.30. The van der Waals surface area contributed by atoms with E-state index in [1.165, 1.54) is 0 Å². The van der Waals surface area contributed by atoms with E-state index in [4.69, 9.17) is 28.3 Å². The highest BCUT2D eigenvalue weighted by Crippen LogP contribution is 2.37. The van der Waals surface area contributed by atoms with Crippen LogP contribution in [-0.2, 0) is 31.0 Å². The Bertz CT molecular complexity index is 1300. The molecule has 4 rings (SSSR count). The standard InChI is InChI=1S/C25H24Cl2F4N2O2/c1-14-9-16(25(29,30)31)10-21-18(14)11-17(32(21)2)12-19-20(26)4-3-15(22(19)27)13-33-7-5-24(28,6-8-33)23(34)35/h3-4,9-11H,5-8,12-13H2,1-2H3,(H,34,35). The number of carboxylic acids is 1. The van der Waals surface area contributed by atoms with Crippen LogP contribution in [-0.4, -0.2) is 39.3 Å². The van der Waals surface area contributed by atoms with Gasteiger partial charge in [0.25, 0.3) is 0 Å². The number of likely N-dealkylation sites (tertiary alicyclic amines) is 1. The number of carbonyl (C=O) groups is 1. The molecule has 4 nitrogen and oxygen atoms in total. The van der Waals surface area contributed by atoms with Crippen LogP contribution in [0.3, 0.4) is 0 Å². The molecule has 0 atom stereocenters. The van der Waals surface area contributed by atoms with Gasteiger partial charge in [0.2, 0.25) is 5.67 Å². The lowest BCUT2D eigenvalue weighted by Crippen LogP contribution is -2.46. The first kappa shape index (κ1) is 25.8. The van der Waals surface area contributed by atoms with Crippen LogP contribution in [0.25, 0.3) is 10.9 Å². The number of carboxylic acid groups (broad SMARTS) is 1.